The van der Waals surface area contributed by atoms with E-state index < -0.39 is 5.60 Å². The molecule has 0 saturated heterocycles. The number of hydrogen-bond acceptors (Lipinski definition) is 1. The Bertz CT molecular complexity index is 137. The quantitative estimate of drug-likeness (QED) is 0.576. The van der Waals surface area contributed by atoms with Gasteiger partial charge in [-0.2, -0.15) is 0 Å². The average Bonchev–Trinajstić information content (AvgIpc) is 2.33. The van der Waals surface area contributed by atoms with Crippen LogP contribution in [0.15, 0.2) is 0 Å². The topological polar surface area (TPSA) is 20.2 Å². The van der Waals surface area contributed by atoms with Crippen molar-refractivity contribution >= 4 is 0 Å². The second-order valence-electron chi connectivity index (χ2n) is 3.14. The molecule has 0 unspecified atom stereocenters. The van der Waals surface area contributed by atoms with E-state index >= 15 is 0 Å². The summed E-state index contributed by atoms with van der Waals surface area (Å²) < 4.78 is 0. The number of aliphatic hydroxyl groups is 1. The molecule has 0 aromatic rings. The van der Waals surface area contributed by atoms with Crippen molar-refractivity contribution in [2.24, 2.45) is 0 Å². The summed E-state index contributed by atoms with van der Waals surface area (Å²) in [7, 11) is 0. The molecule has 1 rings (SSSR count). The Labute approximate surface area is 62.4 Å². The molecule has 0 aliphatic heterocycles. The highest BCUT2D eigenvalue weighted by molar-refractivity contribution is 4.91. The maximum absolute atomic E-state index is 9.73. The van der Waals surface area contributed by atoms with Crippen LogP contribution in [0.1, 0.15) is 38.5 Å². The smallest absolute Gasteiger partial charge is 0.0656 e. The van der Waals surface area contributed by atoms with E-state index in [-0.39, 0.29) is 0 Å². The molecule has 0 radical (unpaired) electrons. The van der Waals surface area contributed by atoms with Crippen LogP contribution in [-0.2, 0) is 0 Å². The summed E-state index contributed by atoms with van der Waals surface area (Å²) in [6.45, 7) is 0. The second kappa shape index (κ2) is 3.07. The molecule has 1 N–H and O–H groups in total. The zero-order valence-electron chi connectivity index (χ0n) is 6.27. The molecule has 1 aliphatic rings. The number of terminal acetylenes is 1. The predicted molar refractivity (Wildman–Crippen MR) is 41.5 cm³/mol. The largest absolute Gasteiger partial charge is 0.390 e. The lowest BCUT2D eigenvalue weighted by Gasteiger charge is -2.19. The molecule has 0 bridgehead atoms. The van der Waals surface area contributed by atoms with Crippen LogP contribution in [0.5, 0.6) is 0 Å². The third kappa shape index (κ3) is 1.75. The molecule has 1 fully saturated rings. The number of rotatable bonds is 2. The summed E-state index contributed by atoms with van der Waals surface area (Å²) in [4.78, 5) is 0. The minimum atomic E-state index is -0.396. The Balaban J connectivity index is 2.30. The predicted octanol–water partition coefficient (Wildman–Crippen LogP) is 1.70. The Morgan fingerprint density at radius 2 is 2.00 bits per heavy atom. The summed E-state index contributed by atoms with van der Waals surface area (Å²) in [6.07, 6.45) is 10.9. The molecule has 1 saturated carbocycles. The van der Waals surface area contributed by atoms with Gasteiger partial charge in [0.25, 0.3) is 0 Å². The van der Waals surface area contributed by atoms with Crippen molar-refractivity contribution in [1.82, 2.24) is 0 Å². The van der Waals surface area contributed by atoms with E-state index in [1.54, 1.807) is 0 Å². The maximum Gasteiger partial charge on any atom is 0.0656 e. The van der Waals surface area contributed by atoms with Crippen LogP contribution in [0.3, 0.4) is 0 Å². The van der Waals surface area contributed by atoms with Crippen LogP contribution in [0, 0.1) is 12.3 Å². The standard InChI is InChI=1S/C9H14O/c1-2-3-6-9(10)7-4-5-8-9/h1,10H,3-8H2. The van der Waals surface area contributed by atoms with Gasteiger partial charge in [0.1, 0.15) is 0 Å². The monoisotopic (exact) mass is 138 g/mol. The Morgan fingerprint density at radius 3 is 2.50 bits per heavy atom. The zero-order chi connectivity index (χ0) is 7.45. The Hall–Kier alpha value is -0.480. The molecule has 0 atom stereocenters. The molecule has 0 heterocycles. The third-order valence-corrected chi connectivity index (χ3v) is 2.27. The zero-order valence-corrected chi connectivity index (χ0v) is 6.27. The molecule has 10 heavy (non-hydrogen) atoms. The van der Waals surface area contributed by atoms with Gasteiger partial charge in [-0.1, -0.05) is 12.8 Å². The Kier molecular flexibility index (Phi) is 2.34. The fourth-order valence-corrected chi connectivity index (χ4v) is 1.59. The molecular weight excluding hydrogens is 124 g/mol. The lowest BCUT2D eigenvalue weighted by Crippen LogP contribution is -2.23. The second-order valence-corrected chi connectivity index (χ2v) is 3.14. The highest BCUT2D eigenvalue weighted by atomic mass is 16.3. The van der Waals surface area contributed by atoms with Crippen LogP contribution >= 0.6 is 0 Å². The molecule has 1 aliphatic carbocycles. The van der Waals surface area contributed by atoms with Gasteiger partial charge < -0.3 is 5.11 Å². The third-order valence-electron chi connectivity index (χ3n) is 2.27. The first-order valence-electron chi connectivity index (χ1n) is 3.93. The van der Waals surface area contributed by atoms with Gasteiger partial charge >= 0.3 is 0 Å². The van der Waals surface area contributed by atoms with Crippen LogP contribution in [0.4, 0.5) is 0 Å². The first-order chi connectivity index (χ1) is 4.77. The fourth-order valence-electron chi connectivity index (χ4n) is 1.59. The van der Waals surface area contributed by atoms with Gasteiger partial charge in [0.15, 0.2) is 0 Å². The molecule has 0 aromatic carbocycles. The van der Waals surface area contributed by atoms with E-state index in [2.05, 4.69) is 5.92 Å². The van der Waals surface area contributed by atoms with Crippen molar-refractivity contribution in [2.45, 2.75) is 44.1 Å². The maximum atomic E-state index is 9.73. The van der Waals surface area contributed by atoms with E-state index in [9.17, 15) is 5.11 Å². The highest BCUT2D eigenvalue weighted by Gasteiger charge is 2.29. The van der Waals surface area contributed by atoms with Crippen LogP contribution in [-0.4, -0.2) is 10.7 Å². The summed E-state index contributed by atoms with van der Waals surface area (Å²) in [6, 6.07) is 0. The summed E-state index contributed by atoms with van der Waals surface area (Å²) in [5.41, 5.74) is -0.396. The van der Waals surface area contributed by atoms with Crippen molar-refractivity contribution < 1.29 is 5.11 Å². The van der Waals surface area contributed by atoms with E-state index in [0.29, 0.717) is 0 Å². The van der Waals surface area contributed by atoms with Crippen LogP contribution < -0.4 is 0 Å². The molecule has 0 spiro atoms. The molecule has 1 heteroatoms. The van der Waals surface area contributed by atoms with E-state index in [1.807, 2.05) is 0 Å². The minimum absolute atomic E-state index is 0.396. The van der Waals surface area contributed by atoms with E-state index in [4.69, 9.17) is 6.42 Å². The van der Waals surface area contributed by atoms with Gasteiger partial charge in [-0.3, -0.25) is 0 Å². The van der Waals surface area contributed by atoms with Crippen LogP contribution in [0.2, 0.25) is 0 Å². The van der Waals surface area contributed by atoms with Crippen molar-refractivity contribution in [3.8, 4) is 12.3 Å². The summed E-state index contributed by atoms with van der Waals surface area (Å²) in [5, 5.41) is 9.73. The highest BCUT2D eigenvalue weighted by Crippen LogP contribution is 2.32. The lowest BCUT2D eigenvalue weighted by molar-refractivity contribution is 0.0404. The van der Waals surface area contributed by atoms with Gasteiger partial charge in [0.2, 0.25) is 0 Å². The normalized spacial score (nSPS) is 22.4. The van der Waals surface area contributed by atoms with Gasteiger partial charge in [-0.05, 0) is 19.3 Å². The molecule has 56 valence electrons. The van der Waals surface area contributed by atoms with Crippen molar-refractivity contribution in [3.63, 3.8) is 0 Å². The lowest BCUT2D eigenvalue weighted by atomic mass is 9.96. The first-order valence-corrected chi connectivity index (χ1v) is 3.93. The molecule has 1 nitrogen and oxygen atoms in total. The van der Waals surface area contributed by atoms with E-state index in [0.717, 1.165) is 25.7 Å². The van der Waals surface area contributed by atoms with Crippen molar-refractivity contribution in [1.29, 1.82) is 0 Å². The van der Waals surface area contributed by atoms with E-state index in [1.165, 1.54) is 12.8 Å². The Morgan fingerprint density at radius 1 is 1.40 bits per heavy atom. The van der Waals surface area contributed by atoms with Crippen molar-refractivity contribution in [2.75, 3.05) is 0 Å². The fraction of sp³-hybridized carbons (Fsp3) is 0.778. The van der Waals surface area contributed by atoms with Gasteiger partial charge in [-0.15, -0.1) is 12.3 Å². The van der Waals surface area contributed by atoms with Crippen LogP contribution in [0.25, 0.3) is 0 Å². The summed E-state index contributed by atoms with van der Waals surface area (Å²) in [5.74, 6) is 2.56. The molecular formula is C9H14O. The average molecular weight is 138 g/mol. The van der Waals surface area contributed by atoms with Gasteiger partial charge in [-0.25, -0.2) is 0 Å². The van der Waals surface area contributed by atoms with Gasteiger partial charge in [0, 0.05) is 6.42 Å². The summed E-state index contributed by atoms with van der Waals surface area (Å²) >= 11 is 0. The van der Waals surface area contributed by atoms with Crippen molar-refractivity contribution in [3.05, 3.63) is 0 Å². The van der Waals surface area contributed by atoms with Gasteiger partial charge in [0.05, 0.1) is 5.60 Å². The number of hydrogen-bond donors (Lipinski definition) is 1. The first kappa shape index (κ1) is 7.63. The minimum Gasteiger partial charge on any atom is -0.390 e. The molecule has 0 aromatic heterocycles. The SMILES string of the molecule is C#CCCC1(O)CCCC1. The molecule has 0 amide bonds.